The first kappa shape index (κ1) is 18.8. The van der Waals surface area contributed by atoms with Crippen LogP contribution in [0.5, 0.6) is 0 Å². The Balaban J connectivity index is 1.31. The molecule has 0 atom stereocenters. The zero-order valence-electron chi connectivity index (χ0n) is 20.7. The van der Waals surface area contributed by atoms with E-state index in [1.807, 2.05) is 42.5 Å². The molecule has 1 saturated heterocycles. The quantitative estimate of drug-likeness (QED) is 0.509. The number of benzene rings is 1. The lowest BCUT2D eigenvalue weighted by molar-refractivity contribution is 0.102. The van der Waals surface area contributed by atoms with E-state index < -0.39 is 6.50 Å². The van der Waals surface area contributed by atoms with Gasteiger partial charge in [0.25, 0.3) is 5.91 Å². The van der Waals surface area contributed by atoms with Crippen molar-refractivity contribution in [1.29, 1.82) is 0 Å². The summed E-state index contributed by atoms with van der Waals surface area (Å²) in [5.41, 5.74) is 2.57. The molecule has 0 saturated carbocycles. The molecule has 0 spiro atoms. The Morgan fingerprint density at radius 1 is 1.03 bits per heavy atom. The number of rotatable bonds is 5. The van der Waals surface area contributed by atoms with E-state index in [0.717, 1.165) is 21.9 Å². The highest BCUT2D eigenvalue weighted by Crippen LogP contribution is 2.25. The molecule has 1 amide bonds. The van der Waals surface area contributed by atoms with Gasteiger partial charge in [0.15, 0.2) is 0 Å². The van der Waals surface area contributed by atoms with Crippen LogP contribution in [0.4, 0.5) is 11.6 Å². The minimum absolute atomic E-state index is 0.257. The van der Waals surface area contributed by atoms with Gasteiger partial charge in [-0.15, -0.1) is 0 Å². The molecule has 8 heteroatoms. The SMILES string of the molecule is [2H]C([2H])(C)N1CCN(c2cc(C(=O)Nc3cc4cc(-c5cnn(C)c5)ccc4cn3)ccn2)CC1. The van der Waals surface area contributed by atoms with Crippen LogP contribution in [-0.2, 0) is 7.05 Å². The molecule has 0 bridgehead atoms. The Morgan fingerprint density at radius 3 is 2.64 bits per heavy atom. The maximum absolute atomic E-state index is 13.0. The van der Waals surface area contributed by atoms with Crippen LogP contribution in [0.15, 0.2) is 61.2 Å². The van der Waals surface area contributed by atoms with Crippen molar-refractivity contribution in [3.63, 3.8) is 0 Å². The predicted octanol–water partition coefficient (Wildman–Crippen LogP) is 3.42. The second-order valence-electron chi connectivity index (χ2n) is 8.09. The van der Waals surface area contributed by atoms with Crippen molar-refractivity contribution in [3.8, 4) is 11.1 Å². The van der Waals surface area contributed by atoms with Gasteiger partial charge in [-0.2, -0.15) is 5.10 Å². The highest BCUT2D eigenvalue weighted by Gasteiger charge is 2.18. The average Bonchev–Trinajstić information content (AvgIpc) is 3.29. The van der Waals surface area contributed by atoms with E-state index in [1.165, 1.54) is 0 Å². The fourth-order valence-electron chi connectivity index (χ4n) is 4.04. The number of aromatic nitrogens is 4. The number of nitrogens with zero attached hydrogens (tertiary/aromatic N) is 6. The molecule has 0 unspecified atom stereocenters. The van der Waals surface area contributed by atoms with E-state index >= 15 is 0 Å². The minimum Gasteiger partial charge on any atom is -0.354 e. The average molecular weight is 444 g/mol. The summed E-state index contributed by atoms with van der Waals surface area (Å²) in [7, 11) is 1.89. The normalized spacial score (nSPS) is 15.9. The first-order chi connectivity index (χ1) is 16.8. The molecule has 4 heterocycles. The Morgan fingerprint density at radius 2 is 1.88 bits per heavy atom. The summed E-state index contributed by atoms with van der Waals surface area (Å²) < 4.78 is 17.6. The molecule has 8 nitrogen and oxygen atoms in total. The Hall–Kier alpha value is -3.78. The molecule has 168 valence electrons. The van der Waals surface area contributed by atoms with E-state index in [-0.39, 0.29) is 5.91 Å². The lowest BCUT2D eigenvalue weighted by atomic mass is 10.1. The number of fused-ring (bicyclic) bond motifs is 1. The molecule has 1 N–H and O–H groups in total. The van der Waals surface area contributed by atoms with Gasteiger partial charge < -0.3 is 15.1 Å². The first-order valence-corrected chi connectivity index (χ1v) is 10.9. The molecular formula is C25H27N7O. The third kappa shape index (κ3) is 4.56. The predicted molar refractivity (Wildman–Crippen MR) is 130 cm³/mol. The molecule has 1 aromatic carbocycles. The van der Waals surface area contributed by atoms with E-state index in [0.29, 0.717) is 43.4 Å². The number of hydrogen-bond acceptors (Lipinski definition) is 6. The van der Waals surface area contributed by atoms with Gasteiger partial charge in [-0.05, 0) is 41.7 Å². The minimum atomic E-state index is -1.34. The van der Waals surface area contributed by atoms with Gasteiger partial charge in [0.05, 0.1) is 6.20 Å². The van der Waals surface area contributed by atoms with Crippen molar-refractivity contribution >= 4 is 28.3 Å². The molecule has 4 aromatic rings. The van der Waals surface area contributed by atoms with E-state index in [2.05, 4.69) is 31.3 Å². The largest absolute Gasteiger partial charge is 0.354 e. The van der Waals surface area contributed by atoms with Gasteiger partial charge in [-0.1, -0.05) is 19.1 Å². The summed E-state index contributed by atoms with van der Waals surface area (Å²) in [6.07, 6.45) is 7.17. The summed E-state index contributed by atoms with van der Waals surface area (Å²) >= 11 is 0. The first-order valence-electron chi connectivity index (χ1n) is 11.9. The molecule has 1 fully saturated rings. The summed E-state index contributed by atoms with van der Waals surface area (Å²) in [4.78, 5) is 25.7. The Kier molecular flexibility index (Phi) is 5.11. The van der Waals surface area contributed by atoms with Crippen molar-refractivity contribution in [2.75, 3.05) is 42.9 Å². The van der Waals surface area contributed by atoms with Gasteiger partial charge >= 0.3 is 0 Å². The summed E-state index contributed by atoms with van der Waals surface area (Å²) in [5, 5.41) is 9.10. The van der Waals surface area contributed by atoms with Crippen molar-refractivity contribution in [3.05, 3.63) is 66.7 Å². The molecule has 33 heavy (non-hydrogen) atoms. The number of carbonyl (C=O) groups excluding carboxylic acids is 1. The van der Waals surface area contributed by atoms with Crippen molar-refractivity contribution in [2.45, 2.75) is 6.92 Å². The molecule has 1 aliphatic rings. The van der Waals surface area contributed by atoms with Crippen LogP contribution in [0.1, 0.15) is 20.0 Å². The number of carbonyl (C=O) groups is 1. The lowest BCUT2D eigenvalue weighted by Gasteiger charge is -2.34. The standard InChI is InChI=1S/C25H27N7O/c1-3-31-8-10-32(11-9-31)24-14-19(6-7-26-24)25(33)29-23-13-21-12-18(4-5-20(21)15-27-23)22-16-28-30(2)17-22/h4-7,12-17H,3,8-11H2,1-2H3,(H,27,29,33)/i3D2. The number of aryl methyl sites for hydroxylation is 1. The summed E-state index contributed by atoms with van der Waals surface area (Å²) in [6.45, 7) is 2.74. The van der Waals surface area contributed by atoms with E-state index in [9.17, 15) is 4.79 Å². The second kappa shape index (κ2) is 8.99. The van der Waals surface area contributed by atoms with E-state index in [1.54, 1.807) is 36.1 Å². The monoisotopic (exact) mass is 443 g/mol. The van der Waals surface area contributed by atoms with Crippen LogP contribution in [0.3, 0.4) is 0 Å². The molecular weight excluding hydrogens is 414 g/mol. The van der Waals surface area contributed by atoms with Crippen LogP contribution in [-0.4, -0.2) is 63.2 Å². The number of hydrogen-bond donors (Lipinski definition) is 1. The van der Waals surface area contributed by atoms with Crippen LogP contribution >= 0.6 is 0 Å². The number of piperazine rings is 1. The number of nitrogens with one attached hydrogen (secondary N) is 1. The number of anilines is 2. The zero-order valence-corrected chi connectivity index (χ0v) is 18.7. The van der Waals surface area contributed by atoms with Crippen LogP contribution < -0.4 is 10.2 Å². The number of likely N-dealkylation sites (N-methyl/N-ethyl adjacent to an activating group) is 1. The molecule has 0 radical (unpaired) electrons. The fraction of sp³-hybridized carbons (Fsp3) is 0.280. The van der Waals surface area contributed by atoms with Crippen molar-refractivity contribution < 1.29 is 7.54 Å². The highest BCUT2D eigenvalue weighted by atomic mass is 16.1. The zero-order chi connectivity index (χ0) is 24.6. The Labute approximate surface area is 195 Å². The summed E-state index contributed by atoms with van der Waals surface area (Å²) in [6, 6.07) is 11.4. The summed E-state index contributed by atoms with van der Waals surface area (Å²) in [5.74, 6) is 0.928. The smallest absolute Gasteiger partial charge is 0.257 e. The van der Waals surface area contributed by atoms with Crippen molar-refractivity contribution in [1.82, 2.24) is 24.6 Å². The topological polar surface area (TPSA) is 79.2 Å². The van der Waals surface area contributed by atoms with Gasteiger partial charge in [-0.25, -0.2) is 9.97 Å². The molecule has 5 rings (SSSR count). The highest BCUT2D eigenvalue weighted by molar-refractivity contribution is 6.05. The molecule has 0 aliphatic carbocycles. The van der Waals surface area contributed by atoms with Crippen LogP contribution in [0.2, 0.25) is 0 Å². The van der Waals surface area contributed by atoms with Gasteiger partial charge in [0.1, 0.15) is 11.6 Å². The number of amides is 1. The van der Waals surface area contributed by atoms with Gasteiger partial charge in [0.2, 0.25) is 0 Å². The second-order valence-corrected chi connectivity index (χ2v) is 8.09. The van der Waals surface area contributed by atoms with Crippen LogP contribution in [0, 0.1) is 0 Å². The lowest BCUT2D eigenvalue weighted by Crippen LogP contribution is -2.46. The molecule has 3 aromatic heterocycles. The van der Waals surface area contributed by atoms with Gasteiger partial charge in [0, 0.05) is 71.1 Å². The van der Waals surface area contributed by atoms with Crippen LogP contribution in [0.25, 0.3) is 21.9 Å². The third-order valence-electron chi connectivity index (χ3n) is 5.93. The van der Waals surface area contributed by atoms with Crippen molar-refractivity contribution in [2.24, 2.45) is 7.05 Å². The number of pyridine rings is 2. The maximum atomic E-state index is 13.0. The molecule has 1 aliphatic heterocycles. The fourth-order valence-corrected chi connectivity index (χ4v) is 4.04. The van der Waals surface area contributed by atoms with E-state index in [4.69, 9.17) is 2.74 Å². The third-order valence-corrected chi connectivity index (χ3v) is 5.93. The maximum Gasteiger partial charge on any atom is 0.257 e. The van der Waals surface area contributed by atoms with Gasteiger partial charge in [-0.3, -0.25) is 9.48 Å². The Bertz CT molecular complexity index is 1370.